The van der Waals surface area contributed by atoms with E-state index in [4.69, 9.17) is 0 Å². The van der Waals surface area contributed by atoms with Crippen LogP contribution in [0.4, 0.5) is 13.2 Å². The smallest absolute Gasteiger partial charge is 0.166 e. The molecule has 0 atom stereocenters. The Balaban J connectivity index is 2.79. The van der Waals surface area contributed by atoms with Crippen molar-refractivity contribution in [2.24, 2.45) is 0 Å². The molecule has 0 aromatic rings. The molecule has 11 heavy (non-hydrogen) atoms. The minimum absolute atomic E-state index is 0.239. The predicted molar refractivity (Wildman–Crippen MR) is 30.4 cm³/mol. The standard InChI is InChI=1S/C5H6F3N2O/c1-9-2-4(3-10(9)11)5(6,7)8/h2H,3H2,1H3/q+1. The van der Waals surface area contributed by atoms with E-state index in [0.717, 1.165) is 11.2 Å². The third-order valence-corrected chi connectivity index (χ3v) is 1.36. The van der Waals surface area contributed by atoms with Crippen molar-refractivity contribution in [2.75, 3.05) is 13.6 Å². The van der Waals surface area contributed by atoms with E-state index in [2.05, 4.69) is 0 Å². The number of nitroso groups, excluding NO2 is 1. The van der Waals surface area contributed by atoms with E-state index in [1.807, 2.05) is 0 Å². The van der Waals surface area contributed by atoms with Crippen LogP contribution in [0, 0.1) is 4.91 Å². The van der Waals surface area contributed by atoms with Crippen LogP contribution in [0.2, 0.25) is 0 Å². The highest BCUT2D eigenvalue weighted by molar-refractivity contribution is 5.09. The molecule has 0 bridgehead atoms. The summed E-state index contributed by atoms with van der Waals surface area (Å²) in [5, 5.41) is 0.864. The number of rotatable bonds is 0. The lowest BCUT2D eigenvalue weighted by atomic mass is 10.3. The molecule has 0 saturated heterocycles. The van der Waals surface area contributed by atoms with Crippen LogP contribution in [0.25, 0.3) is 0 Å². The van der Waals surface area contributed by atoms with Gasteiger partial charge in [0.2, 0.25) is 0 Å². The lowest BCUT2D eigenvalue weighted by Gasteiger charge is -1.99. The van der Waals surface area contributed by atoms with Gasteiger partial charge in [-0.3, -0.25) is 0 Å². The fourth-order valence-corrected chi connectivity index (χ4v) is 0.751. The third kappa shape index (κ3) is 1.50. The number of halogens is 3. The molecular formula is C5H6F3N2O+. The van der Waals surface area contributed by atoms with Crippen molar-refractivity contribution in [3.63, 3.8) is 0 Å². The van der Waals surface area contributed by atoms with Crippen LogP contribution in [-0.2, 0) is 0 Å². The molecule has 62 valence electrons. The van der Waals surface area contributed by atoms with E-state index in [1.165, 1.54) is 7.05 Å². The van der Waals surface area contributed by atoms with Gasteiger partial charge in [0.05, 0.1) is 18.2 Å². The number of hydrogen-bond acceptors (Lipinski definition) is 1. The average Bonchev–Trinajstić information content (AvgIpc) is 2.11. The van der Waals surface area contributed by atoms with Gasteiger partial charge in [0.25, 0.3) is 6.54 Å². The molecule has 0 aromatic carbocycles. The second-order valence-corrected chi connectivity index (χ2v) is 2.24. The molecule has 0 spiro atoms. The maximum absolute atomic E-state index is 11.8. The summed E-state index contributed by atoms with van der Waals surface area (Å²) >= 11 is 0. The first-order chi connectivity index (χ1) is 4.91. The fourth-order valence-electron chi connectivity index (χ4n) is 0.751. The maximum Gasteiger partial charge on any atom is 0.420 e. The lowest BCUT2D eigenvalue weighted by molar-refractivity contribution is -0.673. The Morgan fingerprint density at radius 3 is 2.36 bits per heavy atom. The zero-order chi connectivity index (χ0) is 8.65. The van der Waals surface area contributed by atoms with Gasteiger partial charge in [0.15, 0.2) is 0 Å². The Bertz CT molecular complexity index is 220. The maximum atomic E-state index is 11.8. The van der Waals surface area contributed by atoms with Crippen molar-refractivity contribution in [1.29, 1.82) is 0 Å². The Labute approximate surface area is 60.6 Å². The van der Waals surface area contributed by atoms with E-state index >= 15 is 0 Å². The molecule has 0 fully saturated rings. The molecule has 0 N–H and O–H groups in total. The van der Waals surface area contributed by atoms with Gasteiger partial charge < -0.3 is 0 Å². The van der Waals surface area contributed by atoms with Gasteiger partial charge in [-0.2, -0.15) is 13.2 Å². The number of hydrogen-bond donors (Lipinski definition) is 0. The van der Waals surface area contributed by atoms with Gasteiger partial charge in [-0.25, -0.2) is 0 Å². The van der Waals surface area contributed by atoms with Gasteiger partial charge in [0, 0.05) is 0 Å². The SMILES string of the molecule is CN1C=C(C(F)(F)F)C[N+]1=O. The summed E-state index contributed by atoms with van der Waals surface area (Å²) < 4.78 is 35.5. The first kappa shape index (κ1) is 8.03. The van der Waals surface area contributed by atoms with Crippen LogP contribution in [0.5, 0.6) is 0 Å². The highest BCUT2D eigenvalue weighted by Crippen LogP contribution is 2.28. The number of hydrazine groups is 1. The molecule has 1 rings (SSSR count). The topological polar surface area (TPSA) is 23.3 Å². The summed E-state index contributed by atoms with van der Waals surface area (Å²) in [5.74, 6) is 0. The second kappa shape index (κ2) is 2.21. The summed E-state index contributed by atoms with van der Waals surface area (Å²) in [6.45, 7) is -0.611. The summed E-state index contributed by atoms with van der Waals surface area (Å²) in [7, 11) is 1.27. The van der Waals surface area contributed by atoms with E-state index in [-0.39, 0.29) is 4.87 Å². The van der Waals surface area contributed by atoms with Crippen molar-refractivity contribution in [3.8, 4) is 0 Å². The van der Waals surface area contributed by atoms with Gasteiger partial charge >= 0.3 is 6.18 Å². The van der Waals surface area contributed by atoms with Crippen LogP contribution in [0.1, 0.15) is 0 Å². The predicted octanol–water partition coefficient (Wildman–Crippen LogP) is 1.07. The van der Waals surface area contributed by atoms with Crippen molar-refractivity contribution >= 4 is 0 Å². The van der Waals surface area contributed by atoms with Crippen LogP contribution in [0.3, 0.4) is 0 Å². The molecule has 1 heterocycles. The fraction of sp³-hybridized carbons (Fsp3) is 0.600. The van der Waals surface area contributed by atoms with Crippen molar-refractivity contribution in [1.82, 2.24) is 5.01 Å². The number of alkyl halides is 3. The second-order valence-electron chi connectivity index (χ2n) is 2.24. The first-order valence-electron chi connectivity index (χ1n) is 2.86. The lowest BCUT2D eigenvalue weighted by Crippen LogP contribution is -2.20. The average molecular weight is 167 g/mol. The molecule has 0 amide bonds. The van der Waals surface area contributed by atoms with Crippen molar-refractivity contribution < 1.29 is 18.0 Å². The molecule has 0 radical (unpaired) electrons. The van der Waals surface area contributed by atoms with E-state index < -0.39 is 18.3 Å². The highest BCUT2D eigenvalue weighted by atomic mass is 19.4. The quantitative estimate of drug-likeness (QED) is 0.504. The van der Waals surface area contributed by atoms with E-state index in [9.17, 15) is 18.1 Å². The van der Waals surface area contributed by atoms with Gasteiger partial charge in [-0.15, -0.1) is 5.01 Å². The van der Waals surface area contributed by atoms with Gasteiger partial charge in [0.1, 0.15) is 10.4 Å². The zero-order valence-electron chi connectivity index (χ0n) is 5.72. The molecule has 3 nitrogen and oxygen atoms in total. The van der Waals surface area contributed by atoms with E-state index in [1.54, 1.807) is 0 Å². The van der Waals surface area contributed by atoms with Crippen LogP contribution in [-0.4, -0.2) is 29.6 Å². The Morgan fingerprint density at radius 2 is 2.18 bits per heavy atom. The van der Waals surface area contributed by atoms with Crippen molar-refractivity contribution in [2.45, 2.75) is 6.18 Å². The first-order valence-corrected chi connectivity index (χ1v) is 2.86. The van der Waals surface area contributed by atoms with Gasteiger partial charge in [-0.05, 0) is 0 Å². The normalized spacial score (nSPS) is 19.1. The van der Waals surface area contributed by atoms with Crippen molar-refractivity contribution in [3.05, 3.63) is 16.7 Å². The largest absolute Gasteiger partial charge is 0.420 e. The third-order valence-electron chi connectivity index (χ3n) is 1.36. The Kier molecular flexibility index (Phi) is 1.62. The highest BCUT2D eigenvalue weighted by Gasteiger charge is 2.43. The molecule has 6 heteroatoms. The minimum Gasteiger partial charge on any atom is -0.166 e. The summed E-state index contributed by atoms with van der Waals surface area (Å²) in [6.07, 6.45) is -3.60. The molecular weight excluding hydrogens is 161 g/mol. The molecule has 0 aliphatic carbocycles. The summed E-state index contributed by atoms with van der Waals surface area (Å²) in [4.78, 5) is 10.8. The Morgan fingerprint density at radius 1 is 1.64 bits per heavy atom. The molecule has 1 aliphatic rings. The monoisotopic (exact) mass is 167 g/mol. The summed E-state index contributed by atoms with van der Waals surface area (Å²) in [6, 6.07) is 0. The molecule has 0 saturated carbocycles. The molecule has 0 unspecified atom stereocenters. The van der Waals surface area contributed by atoms with Crippen LogP contribution < -0.4 is 0 Å². The van der Waals surface area contributed by atoms with Gasteiger partial charge in [-0.1, -0.05) is 0 Å². The van der Waals surface area contributed by atoms with Crippen LogP contribution >= 0.6 is 0 Å². The minimum atomic E-state index is -4.38. The van der Waals surface area contributed by atoms with Crippen LogP contribution in [0.15, 0.2) is 11.8 Å². The zero-order valence-corrected chi connectivity index (χ0v) is 5.72. The Hall–Kier alpha value is -1.07. The number of nitrogens with zero attached hydrogens (tertiary/aromatic N) is 2. The molecule has 1 aliphatic heterocycles. The molecule has 0 aromatic heterocycles. The summed E-state index contributed by atoms with van der Waals surface area (Å²) in [5.41, 5.74) is -0.810. The van der Waals surface area contributed by atoms with E-state index in [0.29, 0.717) is 0 Å².